The fourth-order valence-corrected chi connectivity index (χ4v) is 1.19. The second kappa shape index (κ2) is 4.47. The van der Waals surface area contributed by atoms with Gasteiger partial charge in [-0.1, -0.05) is 0 Å². The molecule has 0 aliphatic carbocycles. The summed E-state index contributed by atoms with van der Waals surface area (Å²) in [5, 5.41) is 8.54. The Labute approximate surface area is 83.1 Å². The summed E-state index contributed by atoms with van der Waals surface area (Å²) >= 11 is 0. The van der Waals surface area contributed by atoms with Gasteiger partial charge in [-0.05, 0) is 6.92 Å². The van der Waals surface area contributed by atoms with E-state index in [1.165, 1.54) is 0 Å². The summed E-state index contributed by atoms with van der Waals surface area (Å²) in [6.07, 6.45) is 0.257. The predicted octanol–water partition coefficient (Wildman–Crippen LogP) is 1.47. The Morgan fingerprint density at radius 1 is 1.43 bits per heavy atom. The lowest BCUT2D eigenvalue weighted by Gasteiger charge is -2.09. The number of rotatable bonds is 3. The van der Waals surface area contributed by atoms with Crippen LogP contribution >= 0.6 is 0 Å². The van der Waals surface area contributed by atoms with Crippen LogP contribution in [0.4, 0.5) is 0 Å². The summed E-state index contributed by atoms with van der Waals surface area (Å²) in [5.41, 5.74) is 1.50. The molecule has 0 saturated heterocycles. The van der Waals surface area contributed by atoms with Gasteiger partial charge in [-0.15, -0.1) is 0 Å². The third-order valence-corrected chi connectivity index (χ3v) is 1.91. The molecule has 4 heteroatoms. The minimum absolute atomic E-state index is 0.257. The number of aromatic nitrogens is 1. The fourth-order valence-electron chi connectivity index (χ4n) is 1.19. The summed E-state index contributed by atoms with van der Waals surface area (Å²) in [5.74, 6) is 1.21. The maximum Gasteiger partial charge on any atom is 0.220 e. The molecule has 0 amide bonds. The van der Waals surface area contributed by atoms with Crippen LogP contribution in [0, 0.1) is 18.3 Å². The van der Waals surface area contributed by atoms with Gasteiger partial charge in [0.2, 0.25) is 5.88 Å². The van der Waals surface area contributed by atoms with E-state index in [-0.39, 0.29) is 6.42 Å². The molecule has 1 rings (SSSR count). The lowest BCUT2D eigenvalue weighted by Crippen LogP contribution is -1.99. The monoisotopic (exact) mass is 192 g/mol. The molecule has 74 valence electrons. The molecule has 0 unspecified atom stereocenters. The van der Waals surface area contributed by atoms with Crippen LogP contribution in [-0.4, -0.2) is 19.2 Å². The van der Waals surface area contributed by atoms with Crippen molar-refractivity contribution in [2.45, 2.75) is 13.3 Å². The van der Waals surface area contributed by atoms with Gasteiger partial charge >= 0.3 is 0 Å². The Balaban J connectivity index is 3.19. The largest absolute Gasteiger partial charge is 0.496 e. The average Bonchev–Trinajstić information content (AvgIpc) is 2.20. The molecule has 1 aromatic rings. The van der Waals surface area contributed by atoms with E-state index in [2.05, 4.69) is 4.98 Å². The molecule has 0 N–H and O–H groups in total. The molecule has 4 nitrogen and oxygen atoms in total. The summed E-state index contributed by atoms with van der Waals surface area (Å²) in [7, 11) is 3.13. The second-order valence-electron chi connectivity index (χ2n) is 2.79. The number of ether oxygens (including phenoxy) is 2. The minimum Gasteiger partial charge on any atom is -0.496 e. The fraction of sp³-hybridized carbons (Fsp3) is 0.400. The molecule has 0 bridgehead atoms. The topological polar surface area (TPSA) is 55.1 Å². The summed E-state index contributed by atoms with van der Waals surface area (Å²) in [6, 6.07) is 3.78. The highest BCUT2D eigenvalue weighted by atomic mass is 16.5. The van der Waals surface area contributed by atoms with Crippen LogP contribution in [0.1, 0.15) is 11.3 Å². The number of methoxy groups -OCH3 is 2. The van der Waals surface area contributed by atoms with Crippen molar-refractivity contribution >= 4 is 0 Å². The maximum absolute atomic E-state index is 8.54. The standard InChI is InChI=1S/C10H12N2O2/c1-7-9(13-2)6-8(4-5-11)12-10(7)14-3/h6H,4H2,1-3H3. The highest BCUT2D eigenvalue weighted by Crippen LogP contribution is 2.26. The van der Waals surface area contributed by atoms with Crippen molar-refractivity contribution in [1.82, 2.24) is 4.98 Å². The highest BCUT2D eigenvalue weighted by Gasteiger charge is 2.09. The van der Waals surface area contributed by atoms with E-state index in [0.717, 1.165) is 5.56 Å². The van der Waals surface area contributed by atoms with Gasteiger partial charge in [0.1, 0.15) is 5.75 Å². The Kier molecular flexibility index (Phi) is 3.29. The highest BCUT2D eigenvalue weighted by molar-refractivity contribution is 5.41. The zero-order valence-corrected chi connectivity index (χ0v) is 8.50. The first-order chi connectivity index (χ1) is 6.72. The van der Waals surface area contributed by atoms with Crippen molar-refractivity contribution in [3.8, 4) is 17.7 Å². The molecule has 0 aliphatic heterocycles. The first kappa shape index (κ1) is 10.3. The first-order valence-electron chi connectivity index (χ1n) is 4.18. The molecule has 0 aliphatic rings. The molecule has 0 fully saturated rings. The molecular weight excluding hydrogens is 180 g/mol. The molecule has 1 heterocycles. The van der Waals surface area contributed by atoms with Crippen LogP contribution in [0.5, 0.6) is 11.6 Å². The summed E-state index contributed by atoms with van der Waals surface area (Å²) in [6.45, 7) is 1.86. The maximum atomic E-state index is 8.54. The SMILES string of the molecule is COc1cc(CC#N)nc(OC)c1C. The van der Waals surface area contributed by atoms with E-state index in [0.29, 0.717) is 17.3 Å². The normalized spacial score (nSPS) is 9.29. The Hall–Kier alpha value is -1.76. The van der Waals surface area contributed by atoms with Crippen molar-refractivity contribution in [2.75, 3.05) is 14.2 Å². The van der Waals surface area contributed by atoms with Crippen molar-refractivity contribution in [3.05, 3.63) is 17.3 Å². The summed E-state index contributed by atoms with van der Waals surface area (Å²) in [4.78, 5) is 4.16. The average molecular weight is 192 g/mol. The van der Waals surface area contributed by atoms with Crippen LogP contribution in [0.2, 0.25) is 0 Å². The lowest BCUT2D eigenvalue weighted by molar-refractivity contribution is 0.375. The van der Waals surface area contributed by atoms with Crippen LogP contribution in [0.15, 0.2) is 6.07 Å². The smallest absolute Gasteiger partial charge is 0.220 e. The van der Waals surface area contributed by atoms with E-state index in [9.17, 15) is 0 Å². The summed E-state index contributed by atoms with van der Waals surface area (Å²) < 4.78 is 10.2. The van der Waals surface area contributed by atoms with Gasteiger partial charge in [0.15, 0.2) is 0 Å². The van der Waals surface area contributed by atoms with Crippen molar-refractivity contribution < 1.29 is 9.47 Å². The molecule has 0 saturated carbocycles. The van der Waals surface area contributed by atoms with Crippen molar-refractivity contribution in [2.24, 2.45) is 0 Å². The van der Waals surface area contributed by atoms with Gasteiger partial charge in [-0.3, -0.25) is 0 Å². The van der Waals surface area contributed by atoms with E-state index < -0.39 is 0 Å². The van der Waals surface area contributed by atoms with E-state index in [1.54, 1.807) is 20.3 Å². The van der Waals surface area contributed by atoms with Gasteiger partial charge in [0.25, 0.3) is 0 Å². The molecule has 0 radical (unpaired) electrons. The first-order valence-corrected chi connectivity index (χ1v) is 4.18. The van der Waals surface area contributed by atoms with Crippen LogP contribution in [0.25, 0.3) is 0 Å². The number of nitriles is 1. The number of pyridine rings is 1. The van der Waals surface area contributed by atoms with Crippen LogP contribution in [-0.2, 0) is 6.42 Å². The molecular formula is C10H12N2O2. The zero-order valence-electron chi connectivity index (χ0n) is 8.50. The molecule has 14 heavy (non-hydrogen) atoms. The third kappa shape index (κ3) is 1.94. The quantitative estimate of drug-likeness (QED) is 0.727. The zero-order chi connectivity index (χ0) is 10.6. The Morgan fingerprint density at radius 2 is 2.14 bits per heavy atom. The lowest BCUT2D eigenvalue weighted by atomic mass is 10.2. The van der Waals surface area contributed by atoms with E-state index >= 15 is 0 Å². The van der Waals surface area contributed by atoms with Crippen molar-refractivity contribution in [1.29, 1.82) is 5.26 Å². The van der Waals surface area contributed by atoms with E-state index in [1.807, 2.05) is 13.0 Å². The Morgan fingerprint density at radius 3 is 2.64 bits per heavy atom. The molecule has 1 aromatic heterocycles. The van der Waals surface area contributed by atoms with E-state index in [4.69, 9.17) is 14.7 Å². The predicted molar refractivity (Wildman–Crippen MR) is 51.4 cm³/mol. The van der Waals surface area contributed by atoms with Gasteiger partial charge in [-0.25, -0.2) is 4.98 Å². The third-order valence-electron chi connectivity index (χ3n) is 1.91. The van der Waals surface area contributed by atoms with Crippen molar-refractivity contribution in [3.63, 3.8) is 0 Å². The molecule has 0 spiro atoms. The van der Waals surface area contributed by atoms with Gasteiger partial charge < -0.3 is 9.47 Å². The minimum atomic E-state index is 0.257. The number of hydrogen-bond acceptors (Lipinski definition) is 4. The van der Waals surface area contributed by atoms with Crippen LogP contribution < -0.4 is 9.47 Å². The molecule has 0 atom stereocenters. The number of hydrogen-bond donors (Lipinski definition) is 0. The second-order valence-corrected chi connectivity index (χ2v) is 2.79. The molecule has 0 aromatic carbocycles. The number of nitrogens with zero attached hydrogens (tertiary/aromatic N) is 2. The Bertz CT molecular complexity index is 344. The van der Waals surface area contributed by atoms with Gasteiger partial charge in [0.05, 0.1) is 38.0 Å². The van der Waals surface area contributed by atoms with Crippen LogP contribution in [0.3, 0.4) is 0 Å². The van der Waals surface area contributed by atoms with Gasteiger partial charge in [-0.2, -0.15) is 5.26 Å². The van der Waals surface area contributed by atoms with Gasteiger partial charge in [0, 0.05) is 6.07 Å².